The van der Waals surface area contributed by atoms with Crippen LogP contribution in [-0.2, 0) is 4.79 Å². The van der Waals surface area contributed by atoms with Gasteiger partial charge in [0.2, 0.25) is 0 Å². The molecule has 0 spiro atoms. The second-order valence-corrected chi connectivity index (χ2v) is 6.01. The summed E-state index contributed by atoms with van der Waals surface area (Å²) >= 11 is 0. The first-order valence-electron chi connectivity index (χ1n) is 7.47. The van der Waals surface area contributed by atoms with Crippen molar-refractivity contribution in [2.75, 3.05) is 0 Å². The van der Waals surface area contributed by atoms with E-state index in [0.29, 0.717) is 12.3 Å². The Morgan fingerprint density at radius 3 is 2.48 bits per heavy atom. The molecule has 0 aliphatic carbocycles. The van der Waals surface area contributed by atoms with E-state index in [1.54, 1.807) is 0 Å². The van der Waals surface area contributed by atoms with E-state index in [-0.39, 0.29) is 11.9 Å². The third-order valence-electron chi connectivity index (χ3n) is 4.19. The van der Waals surface area contributed by atoms with Crippen molar-refractivity contribution >= 4 is 5.97 Å². The van der Waals surface area contributed by atoms with Crippen molar-refractivity contribution in [1.29, 1.82) is 0 Å². The van der Waals surface area contributed by atoms with E-state index >= 15 is 0 Å². The third kappa shape index (κ3) is 2.46. The molecule has 108 valence electrons. The summed E-state index contributed by atoms with van der Waals surface area (Å²) < 4.78 is 5.57. The number of ether oxygens (including phenoxy) is 1. The molecule has 0 N–H and O–H groups in total. The molecule has 0 amide bonds. The lowest BCUT2D eigenvalue weighted by Gasteiger charge is -2.29. The zero-order valence-electron chi connectivity index (χ0n) is 12.7. The summed E-state index contributed by atoms with van der Waals surface area (Å²) in [6.07, 6.45) is 0.417. The maximum absolute atomic E-state index is 12.0. The Kier molecular flexibility index (Phi) is 3.54. The van der Waals surface area contributed by atoms with Gasteiger partial charge < -0.3 is 4.74 Å². The van der Waals surface area contributed by atoms with Gasteiger partial charge in [-0.05, 0) is 29.5 Å². The first-order valence-corrected chi connectivity index (χ1v) is 7.47. The SMILES string of the molecule is Cc1ccc(C(C)C)c2c1OC(=O)C[C@H]2c1ccccc1. The average molecular weight is 280 g/mol. The Morgan fingerprint density at radius 2 is 1.81 bits per heavy atom. The lowest BCUT2D eigenvalue weighted by Crippen LogP contribution is -2.23. The van der Waals surface area contributed by atoms with Crippen LogP contribution in [-0.4, -0.2) is 5.97 Å². The molecule has 1 aliphatic heterocycles. The van der Waals surface area contributed by atoms with Crippen LogP contribution in [0.15, 0.2) is 42.5 Å². The van der Waals surface area contributed by atoms with E-state index < -0.39 is 0 Å². The molecule has 0 fully saturated rings. The van der Waals surface area contributed by atoms with Gasteiger partial charge in [0.15, 0.2) is 0 Å². The maximum Gasteiger partial charge on any atom is 0.312 e. The highest BCUT2D eigenvalue weighted by Crippen LogP contribution is 2.44. The number of rotatable bonds is 2. The highest BCUT2D eigenvalue weighted by atomic mass is 16.5. The van der Waals surface area contributed by atoms with Crippen molar-refractivity contribution in [1.82, 2.24) is 0 Å². The van der Waals surface area contributed by atoms with Gasteiger partial charge >= 0.3 is 5.97 Å². The van der Waals surface area contributed by atoms with Crippen LogP contribution >= 0.6 is 0 Å². The largest absolute Gasteiger partial charge is 0.426 e. The topological polar surface area (TPSA) is 26.3 Å². The van der Waals surface area contributed by atoms with Crippen LogP contribution in [0.25, 0.3) is 0 Å². The predicted molar refractivity (Wildman–Crippen MR) is 83.8 cm³/mol. The summed E-state index contributed by atoms with van der Waals surface area (Å²) in [7, 11) is 0. The molecule has 2 aromatic rings. The Labute approximate surface area is 125 Å². The highest BCUT2D eigenvalue weighted by Gasteiger charge is 2.32. The molecule has 1 aliphatic rings. The highest BCUT2D eigenvalue weighted by molar-refractivity contribution is 5.79. The molecule has 1 atom stereocenters. The van der Waals surface area contributed by atoms with Crippen LogP contribution in [0.1, 0.15) is 54.4 Å². The number of carbonyl (C=O) groups is 1. The number of fused-ring (bicyclic) bond motifs is 1. The smallest absolute Gasteiger partial charge is 0.312 e. The van der Waals surface area contributed by atoms with Crippen molar-refractivity contribution in [3.8, 4) is 5.75 Å². The van der Waals surface area contributed by atoms with Crippen LogP contribution in [0.2, 0.25) is 0 Å². The molecule has 0 aromatic heterocycles. The van der Waals surface area contributed by atoms with Crippen molar-refractivity contribution in [2.24, 2.45) is 0 Å². The van der Waals surface area contributed by atoms with Crippen molar-refractivity contribution < 1.29 is 9.53 Å². The fourth-order valence-corrected chi connectivity index (χ4v) is 3.12. The van der Waals surface area contributed by atoms with Gasteiger partial charge in [0.25, 0.3) is 0 Å². The van der Waals surface area contributed by atoms with Gasteiger partial charge in [0, 0.05) is 11.5 Å². The summed E-state index contributed by atoms with van der Waals surface area (Å²) in [5, 5.41) is 0. The number of esters is 1. The summed E-state index contributed by atoms with van der Waals surface area (Å²) in [4.78, 5) is 12.0. The zero-order valence-corrected chi connectivity index (χ0v) is 12.7. The van der Waals surface area contributed by atoms with Gasteiger partial charge in [-0.25, -0.2) is 0 Å². The van der Waals surface area contributed by atoms with Crippen LogP contribution in [0.3, 0.4) is 0 Å². The molecule has 0 saturated carbocycles. The zero-order chi connectivity index (χ0) is 15.0. The minimum absolute atomic E-state index is 0.0970. The van der Waals surface area contributed by atoms with Crippen molar-refractivity contribution in [3.05, 3.63) is 64.7 Å². The van der Waals surface area contributed by atoms with Gasteiger partial charge in [-0.3, -0.25) is 4.79 Å². The Bertz CT molecular complexity index is 671. The fraction of sp³-hybridized carbons (Fsp3) is 0.316. The monoisotopic (exact) mass is 280 g/mol. The molecule has 0 bridgehead atoms. The summed E-state index contributed by atoms with van der Waals surface area (Å²) in [6, 6.07) is 14.5. The second-order valence-electron chi connectivity index (χ2n) is 6.01. The number of benzene rings is 2. The van der Waals surface area contributed by atoms with E-state index in [2.05, 4.69) is 38.1 Å². The Balaban J connectivity index is 2.23. The molecule has 0 saturated heterocycles. The molecular weight excluding hydrogens is 260 g/mol. The van der Waals surface area contributed by atoms with E-state index in [9.17, 15) is 4.79 Å². The van der Waals surface area contributed by atoms with Crippen molar-refractivity contribution in [3.63, 3.8) is 0 Å². The minimum atomic E-state index is -0.139. The summed E-state index contributed by atoms with van der Waals surface area (Å²) in [6.45, 7) is 6.37. The number of aryl methyl sites for hydroxylation is 1. The van der Waals surface area contributed by atoms with Gasteiger partial charge in [-0.15, -0.1) is 0 Å². The summed E-state index contributed by atoms with van der Waals surface area (Å²) in [5.74, 6) is 1.13. The first kappa shape index (κ1) is 13.9. The lowest BCUT2D eigenvalue weighted by atomic mass is 9.80. The normalized spacial score (nSPS) is 17.5. The maximum atomic E-state index is 12.0. The van der Waals surface area contributed by atoms with Crippen LogP contribution in [0.5, 0.6) is 5.75 Å². The molecular formula is C19H20O2. The minimum Gasteiger partial charge on any atom is -0.426 e. The quantitative estimate of drug-likeness (QED) is 0.595. The molecule has 2 nitrogen and oxygen atoms in total. The first-order chi connectivity index (χ1) is 10.1. The van der Waals surface area contributed by atoms with Crippen LogP contribution in [0, 0.1) is 6.92 Å². The molecule has 1 heterocycles. The molecule has 0 unspecified atom stereocenters. The van der Waals surface area contributed by atoms with Crippen LogP contribution < -0.4 is 4.74 Å². The van der Waals surface area contributed by atoms with Gasteiger partial charge in [0.1, 0.15) is 5.75 Å². The predicted octanol–water partition coefficient (Wildman–Crippen LogP) is 4.56. The molecule has 2 heteroatoms. The van der Waals surface area contributed by atoms with Gasteiger partial charge in [0.05, 0.1) is 6.42 Å². The second kappa shape index (κ2) is 5.36. The molecule has 3 rings (SSSR count). The average Bonchev–Trinajstić information content (AvgIpc) is 2.48. The van der Waals surface area contributed by atoms with E-state index in [0.717, 1.165) is 11.3 Å². The number of hydrogen-bond acceptors (Lipinski definition) is 2. The Hall–Kier alpha value is -2.09. The van der Waals surface area contributed by atoms with Crippen molar-refractivity contribution in [2.45, 2.75) is 39.0 Å². The Morgan fingerprint density at radius 1 is 1.10 bits per heavy atom. The third-order valence-corrected chi connectivity index (χ3v) is 4.19. The number of hydrogen-bond donors (Lipinski definition) is 0. The fourth-order valence-electron chi connectivity index (χ4n) is 3.12. The standard InChI is InChI=1S/C19H20O2/c1-12(2)15-10-9-13(3)19-18(15)16(11-17(20)21-19)14-7-5-4-6-8-14/h4-10,12,16H,11H2,1-3H3/t16-/m0/s1. The number of carbonyl (C=O) groups excluding carboxylic acids is 1. The molecule has 2 aromatic carbocycles. The van der Waals surface area contributed by atoms with E-state index in [4.69, 9.17) is 4.74 Å². The van der Waals surface area contributed by atoms with Crippen LogP contribution in [0.4, 0.5) is 0 Å². The lowest BCUT2D eigenvalue weighted by molar-refractivity contribution is -0.135. The van der Waals surface area contributed by atoms with E-state index in [1.165, 1.54) is 16.7 Å². The molecule has 21 heavy (non-hydrogen) atoms. The van der Waals surface area contributed by atoms with Gasteiger partial charge in [-0.1, -0.05) is 56.3 Å². The van der Waals surface area contributed by atoms with Gasteiger partial charge in [-0.2, -0.15) is 0 Å². The van der Waals surface area contributed by atoms with E-state index in [1.807, 2.05) is 25.1 Å². The summed E-state index contributed by atoms with van der Waals surface area (Å²) in [5.41, 5.74) is 4.68. The molecule has 0 radical (unpaired) electrons.